The van der Waals surface area contributed by atoms with Gasteiger partial charge in [0.05, 0.1) is 12.6 Å². The molecule has 0 saturated heterocycles. The normalized spacial score (nSPS) is 13.7. The second kappa shape index (κ2) is 7.90. The maximum atomic E-state index is 12.6. The summed E-state index contributed by atoms with van der Waals surface area (Å²) in [7, 11) is 1.94. The van der Waals surface area contributed by atoms with Gasteiger partial charge in [0.1, 0.15) is 0 Å². The quantitative estimate of drug-likeness (QED) is 0.709. The molecular formula is C23H24N2O3. The first-order valence-corrected chi connectivity index (χ1v) is 9.44. The van der Waals surface area contributed by atoms with Crippen LogP contribution < -0.4 is 14.8 Å². The Balaban J connectivity index is 1.37. The first-order chi connectivity index (χ1) is 13.6. The Morgan fingerprint density at radius 1 is 1.07 bits per heavy atom. The number of rotatable bonds is 6. The van der Waals surface area contributed by atoms with Crippen LogP contribution in [0.4, 0.5) is 0 Å². The molecule has 0 aliphatic carbocycles. The van der Waals surface area contributed by atoms with Crippen LogP contribution in [-0.2, 0) is 11.3 Å². The van der Waals surface area contributed by atoms with Gasteiger partial charge in [0.15, 0.2) is 11.5 Å². The van der Waals surface area contributed by atoms with Crippen molar-refractivity contribution in [2.75, 3.05) is 20.4 Å². The third-order valence-electron chi connectivity index (χ3n) is 4.97. The maximum absolute atomic E-state index is 12.6. The molecule has 5 heteroatoms. The van der Waals surface area contributed by atoms with Gasteiger partial charge in [0.2, 0.25) is 12.7 Å². The molecule has 1 heterocycles. The molecule has 1 aliphatic rings. The van der Waals surface area contributed by atoms with E-state index < -0.39 is 0 Å². The highest BCUT2D eigenvalue weighted by molar-refractivity contribution is 5.87. The molecule has 4 rings (SSSR count). The van der Waals surface area contributed by atoms with Crippen LogP contribution in [-0.4, -0.2) is 31.2 Å². The van der Waals surface area contributed by atoms with Crippen molar-refractivity contribution in [3.63, 3.8) is 0 Å². The number of amides is 1. The van der Waals surface area contributed by atoms with E-state index in [0.717, 1.165) is 22.6 Å². The molecule has 0 spiro atoms. The van der Waals surface area contributed by atoms with Gasteiger partial charge in [-0.15, -0.1) is 0 Å². The molecule has 1 amide bonds. The van der Waals surface area contributed by atoms with Gasteiger partial charge in [-0.3, -0.25) is 9.69 Å². The SMILES string of the molecule is C[C@H](NC(=O)CN(C)Cc1ccc2c(c1)OCO2)c1cccc2ccccc12. The number of carbonyl (C=O) groups is 1. The van der Waals surface area contributed by atoms with Gasteiger partial charge in [-0.1, -0.05) is 48.5 Å². The van der Waals surface area contributed by atoms with E-state index >= 15 is 0 Å². The Bertz CT molecular complexity index is 997. The second-order valence-electron chi connectivity index (χ2n) is 7.22. The Morgan fingerprint density at radius 2 is 1.86 bits per heavy atom. The summed E-state index contributed by atoms with van der Waals surface area (Å²) in [5.74, 6) is 1.54. The fourth-order valence-corrected chi connectivity index (χ4v) is 3.64. The number of likely N-dealkylation sites (N-methyl/N-ethyl adjacent to an activating group) is 1. The van der Waals surface area contributed by atoms with Gasteiger partial charge >= 0.3 is 0 Å². The summed E-state index contributed by atoms with van der Waals surface area (Å²) in [4.78, 5) is 14.5. The lowest BCUT2D eigenvalue weighted by atomic mass is 10.00. The second-order valence-corrected chi connectivity index (χ2v) is 7.22. The van der Waals surface area contributed by atoms with Crippen LogP contribution in [0.25, 0.3) is 10.8 Å². The number of hydrogen-bond acceptors (Lipinski definition) is 4. The van der Waals surface area contributed by atoms with E-state index in [1.165, 1.54) is 10.8 Å². The van der Waals surface area contributed by atoms with Crippen molar-refractivity contribution in [1.29, 1.82) is 0 Å². The van der Waals surface area contributed by atoms with E-state index in [-0.39, 0.29) is 18.7 Å². The molecule has 3 aromatic carbocycles. The minimum Gasteiger partial charge on any atom is -0.454 e. The van der Waals surface area contributed by atoms with Crippen LogP contribution in [0.3, 0.4) is 0 Å². The van der Waals surface area contributed by atoms with Gasteiger partial charge in [0, 0.05) is 6.54 Å². The average molecular weight is 376 g/mol. The molecule has 1 N–H and O–H groups in total. The predicted molar refractivity (Wildman–Crippen MR) is 109 cm³/mol. The monoisotopic (exact) mass is 376 g/mol. The third-order valence-corrected chi connectivity index (χ3v) is 4.97. The zero-order valence-electron chi connectivity index (χ0n) is 16.1. The van der Waals surface area contributed by atoms with Crippen LogP contribution in [0.5, 0.6) is 11.5 Å². The van der Waals surface area contributed by atoms with Crippen LogP contribution in [0, 0.1) is 0 Å². The first kappa shape index (κ1) is 18.3. The van der Waals surface area contributed by atoms with E-state index in [4.69, 9.17) is 9.47 Å². The number of ether oxygens (including phenoxy) is 2. The highest BCUT2D eigenvalue weighted by Gasteiger charge is 2.16. The van der Waals surface area contributed by atoms with E-state index in [9.17, 15) is 4.79 Å². The van der Waals surface area contributed by atoms with E-state index in [2.05, 4.69) is 29.6 Å². The molecule has 0 radical (unpaired) electrons. The number of fused-ring (bicyclic) bond motifs is 2. The Morgan fingerprint density at radius 3 is 2.75 bits per heavy atom. The Hall–Kier alpha value is -3.05. The van der Waals surface area contributed by atoms with Crippen molar-refractivity contribution < 1.29 is 14.3 Å². The largest absolute Gasteiger partial charge is 0.454 e. The summed E-state index contributed by atoms with van der Waals surface area (Å²) in [5, 5.41) is 5.48. The molecular weight excluding hydrogens is 352 g/mol. The summed E-state index contributed by atoms with van der Waals surface area (Å²) < 4.78 is 10.8. The number of nitrogens with zero attached hydrogens (tertiary/aromatic N) is 1. The van der Waals surface area contributed by atoms with Crippen molar-refractivity contribution >= 4 is 16.7 Å². The van der Waals surface area contributed by atoms with E-state index in [1.54, 1.807) is 0 Å². The standard InChI is InChI=1S/C23H24N2O3/c1-16(19-9-5-7-18-6-3-4-8-20(18)19)24-23(26)14-25(2)13-17-10-11-21-22(12-17)28-15-27-21/h3-12,16H,13-15H2,1-2H3,(H,24,26)/t16-/m0/s1. The fourth-order valence-electron chi connectivity index (χ4n) is 3.64. The van der Waals surface area contributed by atoms with Crippen LogP contribution in [0.2, 0.25) is 0 Å². The number of carbonyl (C=O) groups excluding carboxylic acids is 1. The molecule has 144 valence electrons. The minimum atomic E-state index is -0.0578. The zero-order valence-corrected chi connectivity index (χ0v) is 16.1. The van der Waals surface area contributed by atoms with Crippen LogP contribution in [0.1, 0.15) is 24.1 Å². The van der Waals surface area contributed by atoms with Gasteiger partial charge in [-0.25, -0.2) is 0 Å². The fraction of sp³-hybridized carbons (Fsp3) is 0.261. The van der Waals surface area contributed by atoms with Gasteiger partial charge < -0.3 is 14.8 Å². The minimum absolute atomic E-state index is 0.00341. The topological polar surface area (TPSA) is 50.8 Å². The summed E-state index contributed by atoms with van der Waals surface area (Å²) in [6, 6.07) is 20.3. The third kappa shape index (κ3) is 3.94. The first-order valence-electron chi connectivity index (χ1n) is 9.44. The summed E-state index contributed by atoms with van der Waals surface area (Å²) in [6.07, 6.45) is 0. The molecule has 0 saturated carbocycles. The Labute approximate surface area is 164 Å². The number of nitrogens with one attached hydrogen (secondary N) is 1. The van der Waals surface area contributed by atoms with Crippen molar-refractivity contribution in [3.8, 4) is 11.5 Å². The molecule has 0 fully saturated rings. The highest BCUT2D eigenvalue weighted by Crippen LogP contribution is 2.32. The van der Waals surface area contributed by atoms with E-state index in [0.29, 0.717) is 13.1 Å². The molecule has 28 heavy (non-hydrogen) atoms. The smallest absolute Gasteiger partial charge is 0.234 e. The molecule has 1 atom stereocenters. The van der Waals surface area contributed by atoms with Crippen LogP contribution >= 0.6 is 0 Å². The van der Waals surface area contributed by atoms with Gasteiger partial charge in [-0.05, 0) is 48.0 Å². The maximum Gasteiger partial charge on any atom is 0.234 e. The molecule has 0 bridgehead atoms. The lowest BCUT2D eigenvalue weighted by Gasteiger charge is -2.20. The van der Waals surface area contributed by atoms with Gasteiger partial charge in [-0.2, -0.15) is 0 Å². The molecule has 1 aliphatic heterocycles. The number of hydrogen-bond donors (Lipinski definition) is 1. The van der Waals surface area contributed by atoms with E-state index in [1.807, 2.05) is 55.3 Å². The summed E-state index contributed by atoms with van der Waals surface area (Å²) in [5.41, 5.74) is 2.21. The highest BCUT2D eigenvalue weighted by atomic mass is 16.7. The summed E-state index contributed by atoms with van der Waals surface area (Å²) in [6.45, 7) is 3.27. The molecule has 5 nitrogen and oxygen atoms in total. The molecule has 0 unspecified atom stereocenters. The lowest BCUT2D eigenvalue weighted by Crippen LogP contribution is -2.36. The van der Waals surface area contributed by atoms with Gasteiger partial charge in [0.25, 0.3) is 0 Å². The molecule has 0 aromatic heterocycles. The average Bonchev–Trinajstić information content (AvgIpc) is 3.15. The van der Waals surface area contributed by atoms with Crippen molar-refractivity contribution in [1.82, 2.24) is 10.2 Å². The summed E-state index contributed by atoms with van der Waals surface area (Å²) >= 11 is 0. The Kier molecular flexibility index (Phi) is 5.17. The van der Waals surface area contributed by atoms with Crippen molar-refractivity contribution in [2.24, 2.45) is 0 Å². The van der Waals surface area contributed by atoms with Crippen molar-refractivity contribution in [2.45, 2.75) is 19.5 Å². The van der Waals surface area contributed by atoms with Crippen molar-refractivity contribution in [3.05, 3.63) is 71.8 Å². The molecule has 3 aromatic rings. The van der Waals surface area contributed by atoms with Crippen LogP contribution in [0.15, 0.2) is 60.7 Å². The lowest BCUT2D eigenvalue weighted by molar-refractivity contribution is -0.122. The zero-order chi connectivity index (χ0) is 19.5. The number of benzene rings is 3. The predicted octanol–water partition coefficient (Wildman–Crippen LogP) is 3.88.